The van der Waals surface area contributed by atoms with Crippen LogP contribution in [0.2, 0.25) is 5.02 Å². The van der Waals surface area contributed by atoms with Crippen molar-refractivity contribution in [2.45, 2.75) is 0 Å². The molecule has 0 fully saturated rings. The lowest BCUT2D eigenvalue weighted by atomic mass is 10.2. The Morgan fingerprint density at radius 1 is 1.00 bits per heavy atom. The van der Waals surface area contributed by atoms with E-state index in [1.807, 2.05) is 12.1 Å². The molecule has 6 nitrogen and oxygen atoms in total. The van der Waals surface area contributed by atoms with E-state index in [1.54, 1.807) is 30.3 Å². The molecule has 1 heterocycles. The Labute approximate surface area is 130 Å². The molecule has 0 aliphatic heterocycles. The average Bonchev–Trinajstić information content (AvgIpc) is 2.96. The van der Waals surface area contributed by atoms with E-state index < -0.39 is 11.8 Å². The van der Waals surface area contributed by atoms with Gasteiger partial charge in [-0.2, -0.15) is 5.10 Å². The summed E-state index contributed by atoms with van der Waals surface area (Å²) in [6.07, 6.45) is 0. The molecule has 1 aromatic heterocycles. The number of benzene rings is 2. The first-order chi connectivity index (χ1) is 10.6. The number of aromatic amines is 1. The Bertz CT molecular complexity index is 859. The summed E-state index contributed by atoms with van der Waals surface area (Å²) in [5.41, 5.74) is 5.96. The molecule has 0 unspecified atom stereocenters. The van der Waals surface area contributed by atoms with Gasteiger partial charge in [0.1, 0.15) is 0 Å². The fourth-order valence-corrected chi connectivity index (χ4v) is 2.20. The lowest BCUT2D eigenvalue weighted by molar-refractivity contribution is 0.0845. The molecule has 3 rings (SSSR count). The molecule has 22 heavy (non-hydrogen) atoms. The minimum absolute atomic E-state index is 0.210. The van der Waals surface area contributed by atoms with E-state index in [-0.39, 0.29) is 5.69 Å². The third-order valence-electron chi connectivity index (χ3n) is 3.06. The zero-order valence-electron chi connectivity index (χ0n) is 11.3. The summed E-state index contributed by atoms with van der Waals surface area (Å²) >= 11 is 5.82. The second kappa shape index (κ2) is 5.87. The van der Waals surface area contributed by atoms with E-state index in [0.717, 1.165) is 5.52 Å². The van der Waals surface area contributed by atoms with Gasteiger partial charge in [-0.25, -0.2) is 0 Å². The molecule has 0 spiro atoms. The normalized spacial score (nSPS) is 10.4. The first kappa shape index (κ1) is 14.1. The maximum absolute atomic E-state index is 12.1. The van der Waals surface area contributed by atoms with Crippen molar-refractivity contribution in [1.29, 1.82) is 0 Å². The van der Waals surface area contributed by atoms with Gasteiger partial charge in [0, 0.05) is 16.0 Å². The highest BCUT2D eigenvalue weighted by Gasteiger charge is 2.14. The molecule has 7 heteroatoms. The Balaban J connectivity index is 1.71. The minimum atomic E-state index is -0.507. The molecule has 2 amide bonds. The second-order valence-corrected chi connectivity index (χ2v) is 4.97. The van der Waals surface area contributed by atoms with E-state index in [1.165, 1.54) is 6.07 Å². The summed E-state index contributed by atoms with van der Waals surface area (Å²) in [4.78, 5) is 24.0. The van der Waals surface area contributed by atoms with Gasteiger partial charge in [0.25, 0.3) is 11.8 Å². The van der Waals surface area contributed by atoms with Gasteiger partial charge in [-0.3, -0.25) is 25.5 Å². The largest absolute Gasteiger partial charge is 0.290 e. The maximum Gasteiger partial charge on any atom is 0.290 e. The molecule has 0 bridgehead atoms. The van der Waals surface area contributed by atoms with Gasteiger partial charge in [-0.15, -0.1) is 0 Å². The molecule has 0 saturated heterocycles. The number of aromatic nitrogens is 2. The Morgan fingerprint density at radius 3 is 2.59 bits per heavy atom. The fraction of sp³-hybridized carbons (Fsp3) is 0. The van der Waals surface area contributed by atoms with E-state index in [0.29, 0.717) is 16.0 Å². The average molecular weight is 315 g/mol. The number of amides is 2. The molecule has 3 aromatic rings. The standard InChI is InChI=1S/C15H11ClN4O2/c16-10-5-3-4-9(8-10)14(21)19-20-15(22)13-11-6-1-2-7-12(11)17-18-13/h1-8H,(H,17,18)(H,19,21)(H,20,22). The van der Waals surface area contributed by atoms with Crippen molar-refractivity contribution < 1.29 is 9.59 Å². The number of carbonyl (C=O) groups is 2. The second-order valence-electron chi connectivity index (χ2n) is 4.54. The smallest absolute Gasteiger partial charge is 0.277 e. The van der Waals surface area contributed by atoms with Crippen molar-refractivity contribution in [3.05, 3.63) is 64.8 Å². The Morgan fingerprint density at radius 2 is 1.77 bits per heavy atom. The minimum Gasteiger partial charge on any atom is -0.277 e. The summed E-state index contributed by atoms with van der Waals surface area (Å²) < 4.78 is 0. The third kappa shape index (κ3) is 2.77. The molecule has 0 atom stereocenters. The summed E-state index contributed by atoms with van der Waals surface area (Å²) in [5, 5.41) is 7.83. The van der Waals surface area contributed by atoms with Crippen LogP contribution in [0.25, 0.3) is 10.9 Å². The van der Waals surface area contributed by atoms with Crippen LogP contribution >= 0.6 is 11.6 Å². The first-order valence-corrected chi connectivity index (χ1v) is 6.82. The van der Waals surface area contributed by atoms with E-state index in [2.05, 4.69) is 21.0 Å². The van der Waals surface area contributed by atoms with Gasteiger partial charge in [-0.05, 0) is 24.3 Å². The Hall–Kier alpha value is -2.86. The highest BCUT2D eigenvalue weighted by atomic mass is 35.5. The van der Waals surface area contributed by atoms with Crippen molar-refractivity contribution in [2.24, 2.45) is 0 Å². The molecular weight excluding hydrogens is 304 g/mol. The van der Waals surface area contributed by atoms with Crippen LogP contribution in [0.1, 0.15) is 20.8 Å². The monoisotopic (exact) mass is 314 g/mol. The highest BCUT2D eigenvalue weighted by Crippen LogP contribution is 2.14. The van der Waals surface area contributed by atoms with Crippen LogP contribution < -0.4 is 10.9 Å². The van der Waals surface area contributed by atoms with Gasteiger partial charge in [-0.1, -0.05) is 35.9 Å². The lowest BCUT2D eigenvalue weighted by Crippen LogP contribution is -2.41. The quantitative estimate of drug-likeness (QED) is 0.634. The number of fused-ring (bicyclic) bond motifs is 1. The van der Waals surface area contributed by atoms with E-state index in [9.17, 15) is 9.59 Å². The first-order valence-electron chi connectivity index (χ1n) is 6.44. The van der Waals surface area contributed by atoms with E-state index in [4.69, 9.17) is 11.6 Å². The van der Waals surface area contributed by atoms with Gasteiger partial charge in [0.2, 0.25) is 0 Å². The van der Waals surface area contributed by atoms with Gasteiger partial charge < -0.3 is 0 Å². The number of hydrazine groups is 1. The topological polar surface area (TPSA) is 86.9 Å². The molecule has 110 valence electrons. The zero-order valence-corrected chi connectivity index (χ0v) is 12.0. The molecule has 2 aromatic carbocycles. The lowest BCUT2D eigenvalue weighted by Gasteiger charge is -2.06. The summed E-state index contributed by atoms with van der Waals surface area (Å²) in [6, 6.07) is 13.6. The summed E-state index contributed by atoms with van der Waals surface area (Å²) in [6.45, 7) is 0. The van der Waals surface area contributed by atoms with Crippen LogP contribution in [0.5, 0.6) is 0 Å². The molecule has 0 radical (unpaired) electrons. The molecule has 3 N–H and O–H groups in total. The highest BCUT2D eigenvalue weighted by molar-refractivity contribution is 6.31. The van der Waals surface area contributed by atoms with Gasteiger partial charge >= 0.3 is 0 Å². The number of nitrogens with one attached hydrogen (secondary N) is 3. The van der Waals surface area contributed by atoms with Crippen LogP contribution in [-0.2, 0) is 0 Å². The summed E-state index contributed by atoms with van der Waals surface area (Å²) in [5.74, 6) is -0.969. The molecule has 0 aliphatic carbocycles. The van der Waals surface area contributed by atoms with Crippen molar-refractivity contribution in [3.8, 4) is 0 Å². The predicted octanol–water partition coefficient (Wildman–Crippen LogP) is 2.29. The van der Waals surface area contributed by atoms with Crippen LogP contribution in [0.4, 0.5) is 0 Å². The summed E-state index contributed by atoms with van der Waals surface area (Å²) in [7, 11) is 0. The van der Waals surface area contributed by atoms with Crippen LogP contribution in [-0.4, -0.2) is 22.0 Å². The van der Waals surface area contributed by atoms with Crippen LogP contribution in [0, 0.1) is 0 Å². The van der Waals surface area contributed by atoms with Gasteiger partial charge in [0.15, 0.2) is 5.69 Å². The van der Waals surface area contributed by atoms with Gasteiger partial charge in [0.05, 0.1) is 5.52 Å². The number of H-pyrrole nitrogens is 1. The number of carbonyl (C=O) groups excluding carboxylic acids is 2. The van der Waals surface area contributed by atoms with Crippen molar-refractivity contribution in [3.63, 3.8) is 0 Å². The number of nitrogens with zero attached hydrogens (tertiary/aromatic N) is 1. The fourth-order valence-electron chi connectivity index (χ4n) is 2.01. The number of hydrogen-bond donors (Lipinski definition) is 3. The third-order valence-corrected chi connectivity index (χ3v) is 3.30. The van der Waals surface area contributed by atoms with Crippen LogP contribution in [0.3, 0.4) is 0 Å². The van der Waals surface area contributed by atoms with Crippen molar-refractivity contribution >= 4 is 34.3 Å². The molecule has 0 aliphatic rings. The maximum atomic E-state index is 12.1. The SMILES string of the molecule is O=C(NNC(=O)c1n[nH]c2ccccc12)c1cccc(Cl)c1. The molecule has 0 saturated carbocycles. The Kier molecular flexibility index (Phi) is 3.76. The van der Waals surface area contributed by atoms with Crippen molar-refractivity contribution in [2.75, 3.05) is 0 Å². The number of hydrogen-bond acceptors (Lipinski definition) is 3. The van der Waals surface area contributed by atoms with Crippen molar-refractivity contribution in [1.82, 2.24) is 21.0 Å². The van der Waals surface area contributed by atoms with Crippen LogP contribution in [0.15, 0.2) is 48.5 Å². The van der Waals surface area contributed by atoms with E-state index >= 15 is 0 Å². The number of halogens is 1. The predicted molar refractivity (Wildman–Crippen MR) is 82.5 cm³/mol. The zero-order chi connectivity index (χ0) is 15.5. The number of rotatable bonds is 2. The number of para-hydroxylation sites is 1. The molecular formula is C15H11ClN4O2.